The van der Waals surface area contributed by atoms with E-state index in [1.165, 1.54) is 0 Å². The minimum absolute atomic E-state index is 0.376. The first kappa shape index (κ1) is 11.0. The van der Waals surface area contributed by atoms with Crippen molar-refractivity contribution in [2.45, 2.75) is 19.5 Å². The van der Waals surface area contributed by atoms with Gasteiger partial charge in [-0.25, -0.2) is 4.98 Å². The van der Waals surface area contributed by atoms with E-state index in [-0.39, 0.29) is 0 Å². The summed E-state index contributed by atoms with van der Waals surface area (Å²) in [6, 6.07) is 0.376. The number of ether oxygens (including phenoxy) is 1. The topological polar surface area (TPSA) is 65.1 Å². The Hall–Kier alpha value is -1.07. The van der Waals surface area contributed by atoms with Crippen LogP contribution >= 0.6 is 0 Å². The van der Waals surface area contributed by atoms with E-state index < -0.39 is 0 Å². The third-order valence-electron chi connectivity index (χ3n) is 1.93. The van der Waals surface area contributed by atoms with Gasteiger partial charge >= 0.3 is 0 Å². The molecule has 0 aliphatic heterocycles. The van der Waals surface area contributed by atoms with Crippen LogP contribution in [0.5, 0.6) is 0 Å². The number of hydrogen-bond acceptors (Lipinski definition) is 4. The Balaban J connectivity index is 2.15. The van der Waals surface area contributed by atoms with Gasteiger partial charge in [0.15, 0.2) is 0 Å². The van der Waals surface area contributed by atoms with Crippen molar-refractivity contribution in [2.75, 3.05) is 26.0 Å². The van der Waals surface area contributed by atoms with Gasteiger partial charge in [-0.3, -0.25) is 0 Å². The van der Waals surface area contributed by atoms with Crippen LogP contribution < -0.4 is 11.1 Å². The van der Waals surface area contributed by atoms with Gasteiger partial charge in [-0.1, -0.05) is 0 Å². The quantitative estimate of drug-likeness (QED) is 0.680. The van der Waals surface area contributed by atoms with Gasteiger partial charge < -0.3 is 20.4 Å². The van der Waals surface area contributed by atoms with Crippen molar-refractivity contribution in [3.8, 4) is 0 Å². The lowest BCUT2D eigenvalue weighted by atomic mass is 10.3. The average Bonchev–Trinajstić information content (AvgIpc) is 2.52. The van der Waals surface area contributed by atoms with E-state index in [9.17, 15) is 0 Å². The fourth-order valence-corrected chi connectivity index (χ4v) is 1.25. The lowest BCUT2D eigenvalue weighted by molar-refractivity contribution is 0.172. The number of nitrogens with one attached hydrogen (secondary N) is 1. The summed E-state index contributed by atoms with van der Waals surface area (Å²) in [7, 11) is 1.70. The van der Waals surface area contributed by atoms with Crippen molar-refractivity contribution in [1.82, 2.24) is 14.9 Å². The molecule has 1 rings (SSSR count). The monoisotopic (exact) mass is 198 g/mol. The standard InChI is InChI=1S/C9H18N4O/c1-8(6-14-2)11-3-4-13-5-9(10)12-7-13/h5,7-8,11H,3-4,6,10H2,1-2H3. The molecular weight excluding hydrogens is 180 g/mol. The highest BCUT2D eigenvalue weighted by Gasteiger charge is 1.99. The molecule has 0 saturated carbocycles. The molecule has 0 fully saturated rings. The predicted molar refractivity (Wildman–Crippen MR) is 56.0 cm³/mol. The van der Waals surface area contributed by atoms with Crippen molar-refractivity contribution in [2.24, 2.45) is 0 Å². The molecule has 1 aromatic rings. The Morgan fingerprint density at radius 2 is 2.50 bits per heavy atom. The lowest BCUT2D eigenvalue weighted by Crippen LogP contribution is -2.32. The van der Waals surface area contributed by atoms with Gasteiger partial charge in [0.1, 0.15) is 5.82 Å². The molecule has 0 bridgehead atoms. The molecule has 0 amide bonds. The van der Waals surface area contributed by atoms with Crippen molar-refractivity contribution < 1.29 is 4.74 Å². The van der Waals surface area contributed by atoms with E-state index in [1.807, 2.05) is 10.8 Å². The van der Waals surface area contributed by atoms with Crippen LogP contribution in [0.2, 0.25) is 0 Å². The number of nitrogens with two attached hydrogens (primary N) is 1. The molecule has 3 N–H and O–H groups in total. The highest BCUT2D eigenvalue weighted by atomic mass is 16.5. The summed E-state index contributed by atoms with van der Waals surface area (Å²) in [6.45, 7) is 4.58. The normalized spacial score (nSPS) is 13.0. The molecule has 14 heavy (non-hydrogen) atoms. The zero-order chi connectivity index (χ0) is 10.4. The zero-order valence-corrected chi connectivity index (χ0v) is 8.73. The molecule has 1 heterocycles. The number of nitrogens with zero attached hydrogens (tertiary/aromatic N) is 2. The minimum Gasteiger partial charge on any atom is -0.383 e. The molecule has 0 spiro atoms. The fraction of sp³-hybridized carbons (Fsp3) is 0.667. The number of aromatic nitrogens is 2. The first-order chi connectivity index (χ1) is 6.72. The van der Waals surface area contributed by atoms with Gasteiger partial charge in [0.25, 0.3) is 0 Å². The zero-order valence-electron chi connectivity index (χ0n) is 8.73. The van der Waals surface area contributed by atoms with Crippen LogP contribution in [0.15, 0.2) is 12.5 Å². The van der Waals surface area contributed by atoms with Gasteiger partial charge in [-0.15, -0.1) is 0 Å². The molecule has 5 nitrogen and oxygen atoms in total. The highest BCUT2D eigenvalue weighted by Crippen LogP contribution is 1.95. The largest absolute Gasteiger partial charge is 0.383 e. The van der Waals surface area contributed by atoms with Crippen LogP contribution in [0.25, 0.3) is 0 Å². The first-order valence-corrected chi connectivity index (χ1v) is 4.72. The molecular formula is C9H18N4O. The first-order valence-electron chi connectivity index (χ1n) is 4.72. The summed E-state index contributed by atoms with van der Waals surface area (Å²) < 4.78 is 6.97. The van der Waals surface area contributed by atoms with E-state index in [0.717, 1.165) is 19.7 Å². The van der Waals surface area contributed by atoms with Crippen LogP contribution in [0, 0.1) is 0 Å². The Morgan fingerprint density at radius 1 is 1.71 bits per heavy atom. The van der Waals surface area contributed by atoms with Gasteiger partial charge in [0.2, 0.25) is 0 Å². The van der Waals surface area contributed by atoms with Crippen LogP contribution in [0.1, 0.15) is 6.92 Å². The second-order valence-corrected chi connectivity index (χ2v) is 3.35. The van der Waals surface area contributed by atoms with Crippen molar-refractivity contribution in [3.63, 3.8) is 0 Å². The van der Waals surface area contributed by atoms with Crippen molar-refractivity contribution in [3.05, 3.63) is 12.5 Å². The molecule has 0 saturated heterocycles. The van der Waals surface area contributed by atoms with Crippen molar-refractivity contribution in [1.29, 1.82) is 0 Å². The van der Waals surface area contributed by atoms with Crippen LogP contribution in [-0.4, -0.2) is 35.9 Å². The van der Waals surface area contributed by atoms with Crippen LogP contribution in [0.4, 0.5) is 5.82 Å². The van der Waals surface area contributed by atoms with Crippen LogP contribution in [-0.2, 0) is 11.3 Å². The van der Waals surface area contributed by atoms with Gasteiger partial charge in [-0.2, -0.15) is 0 Å². The minimum atomic E-state index is 0.376. The molecule has 1 unspecified atom stereocenters. The third kappa shape index (κ3) is 3.76. The second-order valence-electron chi connectivity index (χ2n) is 3.35. The number of imidazole rings is 1. The molecule has 0 aliphatic rings. The van der Waals surface area contributed by atoms with Crippen LogP contribution in [0.3, 0.4) is 0 Å². The Bertz CT molecular complexity index is 261. The summed E-state index contributed by atoms with van der Waals surface area (Å²) in [4.78, 5) is 3.94. The summed E-state index contributed by atoms with van der Waals surface area (Å²) in [5, 5.41) is 3.33. The van der Waals surface area contributed by atoms with Gasteiger partial charge in [0, 0.05) is 32.4 Å². The summed E-state index contributed by atoms with van der Waals surface area (Å²) >= 11 is 0. The second kappa shape index (κ2) is 5.62. The Kier molecular flexibility index (Phi) is 4.42. The summed E-state index contributed by atoms with van der Waals surface area (Å²) in [6.07, 6.45) is 3.56. The molecule has 1 aromatic heterocycles. The molecule has 1 atom stereocenters. The SMILES string of the molecule is COCC(C)NCCn1cnc(N)c1. The van der Waals surface area contributed by atoms with E-state index in [2.05, 4.69) is 17.2 Å². The molecule has 0 aliphatic carbocycles. The Labute approximate surface area is 84.3 Å². The highest BCUT2D eigenvalue weighted by molar-refractivity contribution is 5.22. The van der Waals surface area contributed by atoms with E-state index in [4.69, 9.17) is 10.5 Å². The number of rotatable bonds is 6. The number of nitrogen functional groups attached to an aromatic ring is 1. The van der Waals surface area contributed by atoms with E-state index >= 15 is 0 Å². The lowest BCUT2D eigenvalue weighted by Gasteiger charge is -2.12. The molecule has 80 valence electrons. The number of anilines is 1. The summed E-state index contributed by atoms with van der Waals surface area (Å²) in [5.74, 6) is 0.565. The number of methoxy groups -OCH3 is 1. The predicted octanol–water partition coefficient (Wildman–Crippen LogP) is 0.0898. The summed E-state index contributed by atoms with van der Waals surface area (Å²) in [5.41, 5.74) is 5.49. The maximum atomic E-state index is 5.49. The molecule has 0 aromatic carbocycles. The van der Waals surface area contributed by atoms with Gasteiger partial charge in [0.05, 0.1) is 12.9 Å². The number of hydrogen-bond donors (Lipinski definition) is 2. The van der Waals surface area contributed by atoms with Crippen molar-refractivity contribution >= 4 is 5.82 Å². The smallest absolute Gasteiger partial charge is 0.141 e. The molecule has 0 radical (unpaired) electrons. The Morgan fingerprint density at radius 3 is 3.07 bits per heavy atom. The van der Waals surface area contributed by atoms with E-state index in [0.29, 0.717) is 11.9 Å². The fourth-order valence-electron chi connectivity index (χ4n) is 1.25. The van der Waals surface area contributed by atoms with E-state index in [1.54, 1.807) is 13.4 Å². The maximum absolute atomic E-state index is 5.49. The van der Waals surface area contributed by atoms with Gasteiger partial charge in [-0.05, 0) is 6.92 Å². The average molecular weight is 198 g/mol. The molecule has 5 heteroatoms. The maximum Gasteiger partial charge on any atom is 0.141 e. The third-order valence-corrected chi connectivity index (χ3v) is 1.93.